The second kappa shape index (κ2) is 3.18. The maximum Gasteiger partial charge on any atom is 0.208 e. The summed E-state index contributed by atoms with van der Waals surface area (Å²) in [7, 11) is -3.56. The minimum atomic E-state index is -3.56. The first kappa shape index (κ1) is 8.96. The number of benzene rings is 2. The molecule has 1 aliphatic heterocycles. The first-order valence-corrected chi connectivity index (χ1v) is 6.94. The highest BCUT2D eigenvalue weighted by atomic mass is 79.9. The van der Waals surface area contributed by atoms with Crippen LogP contribution in [0.3, 0.4) is 0 Å². The second-order valence-corrected chi connectivity index (χ2v) is 6.21. The summed E-state index contributed by atoms with van der Waals surface area (Å²) in [5, 5.41) is 0. The van der Waals surface area contributed by atoms with Crippen LogP contribution in [-0.2, 0) is 9.84 Å². The Bertz CT molecular complexity index is 681. The molecule has 4 heteroatoms. The van der Waals surface area contributed by atoms with Crippen molar-refractivity contribution in [1.82, 2.24) is 0 Å². The molecule has 2 aromatic carbocycles. The van der Waals surface area contributed by atoms with Crippen molar-refractivity contribution in [1.29, 1.82) is 0 Å². The van der Waals surface area contributed by atoms with Gasteiger partial charge in [-0.3, -0.25) is 0 Å². The third kappa shape index (κ3) is 1.14. The maximum absolute atomic E-state index is 12.4. The molecule has 0 amide bonds. The monoisotopic (exact) mass is 295 g/mol. The van der Waals surface area contributed by atoms with Gasteiger partial charge >= 0.3 is 0 Å². The molecule has 0 aromatic heterocycles. The molecule has 1 aliphatic rings. The highest BCUT2D eigenvalue weighted by Gasteiger charge is 2.33. The Morgan fingerprint density at radius 1 is 1.06 bits per heavy atom. The van der Waals surface area contributed by atoms with Crippen LogP contribution < -0.4 is 0 Å². The molecule has 1 heterocycles. The molecule has 0 unspecified atom stereocenters. The van der Waals surface area contributed by atoms with Gasteiger partial charge in [0.2, 0.25) is 9.84 Å². The van der Waals surface area contributed by atoms with Crippen LogP contribution in [0.1, 0.15) is 1.37 Å². The molecule has 16 heavy (non-hydrogen) atoms. The molecule has 0 saturated carbocycles. The molecule has 3 rings (SSSR count). The molecule has 0 radical (unpaired) electrons. The Morgan fingerprint density at radius 2 is 1.81 bits per heavy atom. The molecule has 2 nitrogen and oxygen atoms in total. The number of hydrogen-bond donors (Lipinski definition) is 0. The van der Waals surface area contributed by atoms with Crippen molar-refractivity contribution in [3.63, 3.8) is 0 Å². The fraction of sp³-hybridized carbons (Fsp3) is 0. The Morgan fingerprint density at radius 3 is 2.62 bits per heavy atom. The lowest BCUT2D eigenvalue weighted by atomic mass is 10.1. The Kier molecular flexibility index (Phi) is 1.78. The van der Waals surface area contributed by atoms with E-state index in [2.05, 4.69) is 15.9 Å². The van der Waals surface area contributed by atoms with Crippen LogP contribution >= 0.6 is 15.9 Å². The zero-order valence-corrected chi connectivity index (χ0v) is 10.5. The summed E-state index contributed by atoms with van der Waals surface area (Å²) < 4.78 is 33.0. The number of rotatable bonds is 0. The van der Waals surface area contributed by atoms with E-state index in [1.807, 2.05) is 0 Å². The van der Waals surface area contributed by atoms with Gasteiger partial charge in [-0.25, -0.2) is 8.42 Å². The molecule has 0 aliphatic carbocycles. The van der Waals surface area contributed by atoms with E-state index in [0.717, 1.165) is 0 Å². The molecule has 0 saturated heterocycles. The zero-order valence-electron chi connectivity index (χ0n) is 9.07. The van der Waals surface area contributed by atoms with E-state index in [-0.39, 0.29) is 15.8 Å². The van der Waals surface area contributed by atoms with Gasteiger partial charge < -0.3 is 0 Å². The Labute approximate surface area is 103 Å². The number of halogens is 1. The standard InChI is InChI=1S/C12H7BrO2S/c13-10-6-3-5-9-8-4-1-2-7-11(8)16(14,15)12(9)10/h1-7H/i7D. The molecule has 0 atom stereocenters. The summed E-state index contributed by atoms with van der Waals surface area (Å²) in [6, 6.07) is 10.2. The van der Waals surface area contributed by atoms with E-state index in [1.165, 1.54) is 6.07 Å². The largest absolute Gasteiger partial charge is 0.218 e. The van der Waals surface area contributed by atoms with Gasteiger partial charge in [0.25, 0.3) is 0 Å². The Hall–Kier alpha value is -1.13. The predicted molar refractivity (Wildman–Crippen MR) is 65.0 cm³/mol. The average molecular weight is 296 g/mol. The van der Waals surface area contributed by atoms with Gasteiger partial charge in [0.1, 0.15) is 0 Å². The summed E-state index contributed by atoms with van der Waals surface area (Å²) in [5.74, 6) is 0. The highest BCUT2D eigenvalue weighted by molar-refractivity contribution is 9.10. The van der Waals surface area contributed by atoms with Crippen LogP contribution in [0.15, 0.2) is 56.7 Å². The Balaban J connectivity index is 2.56. The number of fused-ring (bicyclic) bond motifs is 3. The van der Waals surface area contributed by atoms with Crippen molar-refractivity contribution in [3.8, 4) is 11.1 Å². The van der Waals surface area contributed by atoms with Gasteiger partial charge in [-0.2, -0.15) is 0 Å². The van der Waals surface area contributed by atoms with Gasteiger partial charge in [0.05, 0.1) is 11.2 Å². The van der Waals surface area contributed by atoms with Crippen LogP contribution in [-0.4, -0.2) is 8.42 Å². The molecular weight excluding hydrogens is 288 g/mol. The first-order valence-electron chi connectivity index (χ1n) is 5.17. The minimum absolute atomic E-state index is 0.0469. The van der Waals surface area contributed by atoms with E-state index in [4.69, 9.17) is 1.37 Å². The van der Waals surface area contributed by atoms with Crippen molar-refractivity contribution in [3.05, 3.63) is 46.9 Å². The number of hydrogen-bond acceptors (Lipinski definition) is 2. The van der Waals surface area contributed by atoms with Crippen molar-refractivity contribution < 1.29 is 9.79 Å². The number of sulfone groups is 1. The molecular formula is C12H7BrO2S. The van der Waals surface area contributed by atoms with Gasteiger partial charge in [-0.1, -0.05) is 30.3 Å². The van der Waals surface area contributed by atoms with Crippen LogP contribution in [0.4, 0.5) is 0 Å². The maximum atomic E-state index is 12.4. The summed E-state index contributed by atoms with van der Waals surface area (Å²) in [6.45, 7) is 0. The van der Waals surface area contributed by atoms with E-state index in [9.17, 15) is 8.42 Å². The third-order valence-corrected chi connectivity index (χ3v) is 5.39. The van der Waals surface area contributed by atoms with Gasteiger partial charge in [0, 0.05) is 15.6 Å². The lowest BCUT2D eigenvalue weighted by Crippen LogP contribution is -1.97. The molecule has 0 bridgehead atoms. The lowest BCUT2D eigenvalue weighted by Gasteiger charge is -2.00. The lowest BCUT2D eigenvalue weighted by molar-refractivity contribution is 0.598. The SMILES string of the molecule is [2H]c1cccc2c1S(=O)(=O)c1c(Br)cccc1-2. The molecule has 80 valence electrons. The predicted octanol–water partition coefficient (Wildman–Crippen LogP) is 3.26. The summed E-state index contributed by atoms with van der Waals surface area (Å²) in [6.07, 6.45) is 0. The summed E-state index contributed by atoms with van der Waals surface area (Å²) in [5.41, 5.74) is 1.29. The normalized spacial score (nSPS) is 16.4. The smallest absolute Gasteiger partial charge is 0.208 e. The topological polar surface area (TPSA) is 34.1 Å². The third-order valence-electron chi connectivity index (χ3n) is 2.61. The zero-order chi connectivity index (χ0) is 12.2. The van der Waals surface area contributed by atoms with Crippen molar-refractivity contribution in [2.45, 2.75) is 9.79 Å². The van der Waals surface area contributed by atoms with Gasteiger partial charge in [0.15, 0.2) is 0 Å². The minimum Gasteiger partial charge on any atom is -0.218 e. The summed E-state index contributed by atoms with van der Waals surface area (Å²) >= 11 is 3.27. The molecule has 2 aromatic rings. The average Bonchev–Trinajstić information content (AvgIpc) is 2.50. The summed E-state index contributed by atoms with van der Waals surface area (Å²) in [4.78, 5) is 0.386. The van der Waals surface area contributed by atoms with Crippen LogP contribution in [0, 0.1) is 0 Å². The van der Waals surface area contributed by atoms with E-state index in [0.29, 0.717) is 15.6 Å². The van der Waals surface area contributed by atoms with Crippen LogP contribution in [0.25, 0.3) is 11.1 Å². The van der Waals surface area contributed by atoms with Crippen LogP contribution in [0.5, 0.6) is 0 Å². The van der Waals surface area contributed by atoms with Crippen molar-refractivity contribution >= 4 is 25.8 Å². The van der Waals surface area contributed by atoms with Crippen molar-refractivity contribution in [2.75, 3.05) is 0 Å². The van der Waals surface area contributed by atoms with E-state index >= 15 is 0 Å². The quantitative estimate of drug-likeness (QED) is 0.638. The fourth-order valence-corrected chi connectivity index (χ4v) is 4.64. The van der Waals surface area contributed by atoms with Gasteiger partial charge in [-0.05, 0) is 28.0 Å². The van der Waals surface area contributed by atoms with Crippen molar-refractivity contribution in [2.24, 2.45) is 0 Å². The van der Waals surface area contributed by atoms with Gasteiger partial charge in [-0.15, -0.1) is 0 Å². The molecule has 0 spiro atoms. The molecule has 0 N–H and O–H groups in total. The second-order valence-electron chi connectivity index (χ2n) is 3.53. The highest BCUT2D eigenvalue weighted by Crippen LogP contribution is 2.45. The van der Waals surface area contributed by atoms with E-state index in [1.54, 1.807) is 30.3 Å². The first-order chi connectivity index (χ1) is 8.03. The van der Waals surface area contributed by atoms with Crippen LogP contribution in [0.2, 0.25) is 0 Å². The molecule has 0 fully saturated rings. The van der Waals surface area contributed by atoms with E-state index < -0.39 is 9.84 Å². The fourth-order valence-electron chi connectivity index (χ4n) is 1.95.